The third kappa shape index (κ3) is 4.03. The molecule has 4 aromatic rings. The van der Waals surface area contributed by atoms with E-state index in [4.69, 9.17) is 4.74 Å². The first kappa shape index (κ1) is 21.4. The van der Waals surface area contributed by atoms with Crippen LogP contribution in [0.3, 0.4) is 0 Å². The van der Waals surface area contributed by atoms with Gasteiger partial charge in [0.15, 0.2) is 23.9 Å². The van der Waals surface area contributed by atoms with Crippen LogP contribution in [0.25, 0.3) is 17.0 Å². The fourth-order valence-electron chi connectivity index (χ4n) is 4.19. The molecule has 3 aromatic heterocycles. The topological polar surface area (TPSA) is 83.0 Å². The van der Waals surface area contributed by atoms with Crippen molar-refractivity contribution in [3.63, 3.8) is 0 Å². The van der Waals surface area contributed by atoms with Crippen LogP contribution in [0.15, 0.2) is 36.7 Å². The van der Waals surface area contributed by atoms with E-state index < -0.39 is 17.2 Å². The molecule has 33 heavy (non-hydrogen) atoms. The summed E-state index contributed by atoms with van der Waals surface area (Å²) >= 11 is 0. The van der Waals surface area contributed by atoms with Crippen molar-refractivity contribution in [2.75, 3.05) is 0 Å². The van der Waals surface area contributed by atoms with Gasteiger partial charge in [-0.05, 0) is 36.5 Å². The smallest absolute Gasteiger partial charge is 0.248 e. The Morgan fingerprint density at radius 3 is 2.52 bits per heavy atom. The van der Waals surface area contributed by atoms with Crippen molar-refractivity contribution in [2.24, 2.45) is 7.05 Å². The molecule has 11 heteroatoms. The second kappa shape index (κ2) is 7.82. The van der Waals surface area contributed by atoms with Crippen molar-refractivity contribution >= 4 is 5.65 Å². The Kier molecular flexibility index (Phi) is 5.06. The molecule has 0 amide bonds. The van der Waals surface area contributed by atoms with Crippen molar-refractivity contribution in [3.05, 3.63) is 53.9 Å². The number of aryl methyl sites for hydroxylation is 1. The van der Waals surface area contributed by atoms with E-state index in [9.17, 15) is 13.2 Å². The predicted octanol–water partition coefficient (Wildman–Crippen LogP) is 4.10. The molecule has 0 N–H and O–H groups in total. The molecule has 172 valence electrons. The average Bonchev–Trinajstić information content (AvgIpc) is 3.40. The van der Waals surface area contributed by atoms with E-state index in [0.717, 1.165) is 0 Å². The summed E-state index contributed by atoms with van der Waals surface area (Å²) in [6.45, 7) is 1.96. The maximum Gasteiger partial charge on any atom is 0.248 e. The standard InChI is InChI=1S/C22H22F3N7O/c1-21(7-9-22(24,25)10-8-21)15-11-18-27-28-19(14-5-3-4-6-16(14)23)32(18)30-20(15)33-12-17-26-13-31(2)29-17/h3-6,11,13H,7-10,12H2,1-2H3. The second-order valence-corrected chi connectivity index (χ2v) is 8.68. The van der Waals surface area contributed by atoms with E-state index in [1.165, 1.54) is 10.6 Å². The highest BCUT2D eigenvalue weighted by molar-refractivity contribution is 5.60. The lowest BCUT2D eigenvalue weighted by atomic mass is 9.70. The minimum Gasteiger partial charge on any atom is -0.468 e. The number of hydrogen-bond acceptors (Lipinski definition) is 6. The Labute approximate surface area is 187 Å². The van der Waals surface area contributed by atoms with Gasteiger partial charge in [-0.15, -0.1) is 15.3 Å². The lowest BCUT2D eigenvalue weighted by Gasteiger charge is -2.37. The zero-order chi connectivity index (χ0) is 23.2. The molecule has 1 saturated carbocycles. The summed E-state index contributed by atoms with van der Waals surface area (Å²) in [5, 5.41) is 17.1. The molecule has 5 rings (SSSR count). The Morgan fingerprint density at radius 2 is 1.82 bits per heavy atom. The summed E-state index contributed by atoms with van der Waals surface area (Å²) in [6.07, 6.45) is 1.65. The van der Waals surface area contributed by atoms with Gasteiger partial charge in [-0.2, -0.15) is 9.61 Å². The van der Waals surface area contributed by atoms with Crippen molar-refractivity contribution in [2.45, 2.75) is 50.6 Å². The highest BCUT2D eigenvalue weighted by Gasteiger charge is 2.43. The summed E-state index contributed by atoms with van der Waals surface area (Å²) in [5.74, 6) is -2.23. The van der Waals surface area contributed by atoms with Gasteiger partial charge in [0.1, 0.15) is 12.1 Å². The molecule has 0 unspecified atom stereocenters. The number of halogens is 3. The highest BCUT2D eigenvalue weighted by Crippen LogP contribution is 2.47. The zero-order valence-corrected chi connectivity index (χ0v) is 18.2. The zero-order valence-electron chi connectivity index (χ0n) is 18.2. The van der Waals surface area contributed by atoms with Gasteiger partial charge in [-0.25, -0.2) is 18.2 Å². The maximum absolute atomic E-state index is 14.4. The number of benzene rings is 1. The van der Waals surface area contributed by atoms with Crippen LogP contribution in [-0.4, -0.2) is 40.5 Å². The number of alkyl halides is 2. The monoisotopic (exact) mass is 457 g/mol. The number of fused-ring (bicyclic) bond motifs is 1. The Morgan fingerprint density at radius 1 is 1.06 bits per heavy atom. The molecule has 0 bridgehead atoms. The van der Waals surface area contributed by atoms with E-state index in [2.05, 4.69) is 25.4 Å². The quantitative estimate of drug-likeness (QED) is 0.449. The summed E-state index contributed by atoms with van der Waals surface area (Å²) in [7, 11) is 1.74. The molecule has 0 radical (unpaired) electrons. The Bertz CT molecular complexity index is 1310. The molecule has 0 atom stereocenters. The number of ether oxygens (including phenoxy) is 1. The van der Waals surface area contributed by atoms with Crippen LogP contribution in [-0.2, 0) is 19.1 Å². The lowest BCUT2D eigenvalue weighted by molar-refractivity contribution is -0.0501. The Hall–Kier alpha value is -3.50. The van der Waals surface area contributed by atoms with E-state index in [1.54, 1.807) is 42.3 Å². The maximum atomic E-state index is 14.4. The molecule has 1 aliphatic carbocycles. The molecule has 0 spiro atoms. The highest BCUT2D eigenvalue weighted by atomic mass is 19.3. The third-order valence-corrected chi connectivity index (χ3v) is 6.19. The van der Waals surface area contributed by atoms with Crippen LogP contribution >= 0.6 is 0 Å². The molecule has 0 saturated heterocycles. The third-order valence-electron chi connectivity index (χ3n) is 6.19. The molecule has 8 nitrogen and oxygen atoms in total. The SMILES string of the molecule is Cn1cnc(COc2nn3c(-c4ccccc4F)nnc3cc2C2(C)CCC(F)(F)CC2)n1. The van der Waals surface area contributed by atoms with E-state index in [0.29, 0.717) is 17.0 Å². The summed E-state index contributed by atoms with van der Waals surface area (Å²) in [5.41, 5.74) is 0.693. The molecular weight excluding hydrogens is 435 g/mol. The Balaban J connectivity index is 1.59. The van der Waals surface area contributed by atoms with Gasteiger partial charge in [0.2, 0.25) is 11.8 Å². The van der Waals surface area contributed by atoms with E-state index in [-0.39, 0.29) is 49.6 Å². The fraction of sp³-hybridized carbons (Fsp3) is 0.409. The number of nitrogens with zero attached hydrogens (tertiary/aromatic N) is 7. The first-order chi connectivity index (χ1) is 15.7. The second-order valence-electron chi connectivity index (χ2n) is 8.68. The van der Waals surface area contributed by atoms with Gasteiger partial charge in [-0.3, -0.25) is 4.68 Å². The van der Waals surface area contributed by atoms with Gasteiger partial charge in [0, 0.05) is 25.5 Å². The van der Waals surface area contributed by atoms with Gasteiger partial charge in [0.05, 0.1) is 5.56 Å². The molecule has 1 aliphatic rings. The van der Waals surface area contributed by atoms with Gasteiger partial charge in [-0.1, -0.05) is 19.1 Å². The van der Waals surface area contributed by atoms with Crippen LogP contribution in [0, 0.1) is 5.82 Å². The van der Waals surface area contributed by atoms with Gasteiger partial charge >= 0.3 is 0 Å². The summed E-state index contributed by atoms with van der Waals surface area (Å²) in [4.78, 5) is 4.16. The predicted molar refractivity (Wildman–Crippen MR) is 112 cm³/mol. The van der Waals surface area contributed by atoms with Crippen LogP contribution in [0.2, 0.25) is 0 Å². The molecule has 1 aromatic carbocycles. The molecular formula is C22H22F3N7O. The van der Waals surface area contributed by atoms with E-state index in [1.807, 2.05) is 6.92 Å². The summed E-state index contributed by atoms with van der Waals surface area (Å²) < 4.78 is 51.2. The minimum atomic E-state index is -2.68. The average molecular weight is 457 g/mol. The van der Waals surface area contributed by atoms with E-state index >= 15 is 0 Å². The molecule has 3 heterocycles. The normalized spacial score (nSPS) is 17.4. The van der Waals surface area contributed by atoms with Crippen LogP contribution < -0.4 is 4.74 Å². The van der Waals surface area contributed by atoms with Gasteiger partial charge < -0.3 is 4.74 Å². The fourth-order valence-corrected chi connectivity index (χ4v) is 4.19. The van der Waals surface area contributed by atoms with Crippen molar-refractivity contribution in [1.82, 2.24) is 34.6 Å². The number of rotatable bonds is 5. The van der Waals surface area contributed by atoms with Gasteiger partial charge in [0.25, 0.3) is 0 Å². The summed E-state index contributed by atoms with van der Waals surface area (Å²) in [6, 6.07) is 7.94. The number of hydrogen-bond donors (Lipinski definition) is 0. The molecule has 0 aliphatic heterocycles. The minimum absolute atomic E-state index is 0.0374. The van der Waals surface area contributed by atoms with Crippen LogP contribution in [0.5, 0.6) is 5.88 Å². The first-order valence-electron chi connectivity index (χ1n) is 10.6. The van der Waals surface area contributed by atoms with Crippen LogP contribution in [0.4, 0.5) is 13.2 Å². The number of aromatic nitrogens is 7. The van der Waals surface area contributed by atoms with Crippen molar-refractivity contribution in [3.8, 4) is 17.3 Å². The van der Waals surface area contributed by atoms with Crippen LogP contribution in [0.1, 0.15) is 44.0 Å². The van der Waals surface area contributed by atoms with Crippen molar-refractivity contribution < 1.29 is 17.9 Å². The largest absolute Gasteiger partial charge is 0.468 e. The first-order valence-corrected chi connectivity index (χ1v) is 10.6. The lowest BCUT2D eigenvalue weighted by Crippen LogP contribution is -2.35. The molecule has 1 fully saturated rings. The van der Waals surface area contributed by atoms with Crippen molar-refractivity contribution in [1.29, 1.82) is 0 Å².